The van der Waals surface area contributed by atoms with Crippen LogP contribution in [0.3, 0.4) is 0 Å². The van der Waals surface area contributed by atoms with Gasteiger partial charge >= 0.3 is 0 Å². The summed E-state index contributed by atoms with van der Waals surface area (Å²) in [5.41, 5.74) is 6.02. The Labute approximate surface area is 256 Å². The highest BCUT2D eigenvalue weighted by molar-refractivity contribution is 5.79. The first kappa shape index (κ1) is 33.0. The second-order valence-corrected chi connectivity index (χ2v) is 11.0. The van der Waals surface area contributed by atoms with Crippen molar-refractivity contribution >= 4 is 18.1 Å². The molecule has 1 aliphatic heterocycles. The van der Waals surface area contributed by atoms with Gasteiger partial charge in [0.1, 0.15) is 0 Å². The van der Waals surface area contributed by atoms with Crippen molar-refractivity contribution in [3.05, 3.63) is 131 Å². The number of aromatic nitrogens is 1. The van der Waals surface area contributed by atoms with Crippen molar-refractivity contribution in [2.75, 3.05) is 26.7 Å². The van der Waals surface area contributed by atoms with Gasteiger partial charge in [0.05, 0.1) is 12.3 Å². The molecule has 0 radical (unpaired) electrons. The maximum Gasteiger partial charge on any atom is 0.239 e. The Balaban J connectivity index is 1.67. The summed E-state index contributed by atoms with van der Waals surface area (Å²) in [6, 6.07) is 1.94. The molecule has 228 valence electrons. The number of carbonyl (C=O) groups is 1. The number of nitrogens with one attached hydrogen (secondary N) is 4. The molecule has 0 bridgehead atoms. The smallest absolute Gasteiger partial charge is 0.239 e. The molecular weight excluding hydrogens is 534 g/mol. The predicted octanol–water partition coefficient (Wildman–Crippen LogP) is 4.31. The Bertz CT molecular complexity index is 1510. The SMILES string of the molecule is C=C/C=c1/[nH]c(CN(C)CC(C)C2=CC=C(O)CC3=C2C=CCN3)c/c1=C/C(C)NC(=O)CN/C(=C/C=C\C)C(=C)C=C. The van der Waals surface area contributed by atoms with Crippen molar-refractivity contribution in [2.24, 2.45) is 5.92 Å². The maximum absolute atomic E-state index is 12.7. The number of aliphatic hydroxyl groups excluding tert-OH is 1. The summed E-state index contributed by atoms with van der Waals surface area (Å²) in [5.74, 6) is 0.504. The second-order valence-electron chi connectivity index (χ2n) is 11.0. The second kappa shape index (κ2) is 16.2. The number of rotatable bonds is 14. The van der Waals surface area contributed by atoms with E-state index in [0.717, 1.165) is 52.9 Å². The van der Waals surface area contributed by atoms with Gasteiger partial charge in [0.15, 0.2) is 0 Å². The minimum absolute atomic E-state index is 0.122. The fraction of sp³-hybridized carbons (Fsp3) is 0.306. The largest absolute Gasteiger partial charge is 0.512 e. The monoisotopic (exact) mass is 581 g/mol. The lowest BCUT2D eigenvalue weighted by Gasteiger charge is -2.26. The van der Waals surface area contributed by atoms with Gasteiger partial charge in [-0.2, -0.15) is 0 Å². The first-order chi connectivity index (χ1) is 20.6. The predicted molar refractivity (Wildman–Crippen MR) is 180 cm³/mol. The molecular formula is C36H47N5O2. The minimum atomic E-state index is -0.190. The molecule has 1 aliphatic carbocycles. The lowest BCUT2D eigenvalue weighted by Crippen LogP contribution is -2.39. The molecule has 1 amide bonds. The van der Waals surface area contributed by atoms with Gasteiger partial charge in [-0.25, -0.2) is 0 Å². The van der Waals surface area contributed by atoms with E-state index >= 15 is 0 Å². The van der Waals surface area contributed by atoms with Gasteiger partial charge in [-0.15, -0.1) is 0 Å². The number of nitrogens with zero attached hydrogens (tertiary/aromatic N) is 1. The molecule has 0 fully saturated rings. The number of dihydropyridines is 1. The van der Waals surface area contributed by atoms with Crippen LogP contribution in [0.5, 0.6) is 0 Å². The molecule has 2 aliphatic rings. The van der Waals surface area contributed by atoms with Gasteiger partial charge in [-0.05, 0) is 73.0 Å². The highest BCUT2D eigenvalue weighted by Crippen LogP contribution is 2.30. The van der Waals surface area contributed by atoms with Crippen LogP contribution in [-0.2, 0) is 11.3 Å². The molecule has 2 atom stereocenters. The van der Waals surface area contributed by atoms with Crippen molar-refractivity contribution < 1.29 is 9.90 Å². The van der Waals surface area contributed by atoms with E-state index in [1.54, 1.807) is 12.2 Å². The van der Waals surface area contributed by atoms with Gasteiger partial charge in [0.25, 0.3) is 0 Å². The van der Waals surface area contributed by atoms with Crippen LogP contribution >= 0.6 is 0 Å². The minimum Gasteiger partial charge on any atom is -0.512 e. The Morgan fingerprint density at radius 2 is 2.05 bits per heavy atom. The lowest BCUT2D eigenvalue weighted by molar-refractivity contribution is -0.120. The molecule has 0 spiro atoms. The number of hydrogen-bond acceptors (Lipinski definition) is 5. The van der Waals surface area contributed by atoms with E-state index in [-0.39, 0.29) is 24.4 Å². The van der Waals surface area contributed by atoms with Crippen LogP contribution in [-0.4, -0.2) is 53.6 Å². The third-order valence-corrected chi connectivity index (χ3v) is 7.25. The van der Waals surface area contributed by atoms with E-state index in [1.165, 1.54) is 11.1 Å². The zero-order valence-electron chi connectivity index (χ0n) is 26.0. The molecule has 2 heterocycles. The van der Waals surface area contributed by atoms with Gasteiger partial charge < -0.3 is 30.9 Å². The van der Waals surface area contributed by atoms with Crippen LogP contribution < -0.4 is 26.5 Å². The summed E-state index contributed by atoms with van der Waals surface area (Å²) in [5, 5.41) is 21.8. The van der Waals surface area contributed by atoms with Crippen molar-refractivity contribution in [1.29, 1.82) is 0 Å². The molecule has 0 saturated heterocycles. The van der Waals surface area contributed by atoms with Crippen LogP contribution in [0.25, 0.3) is 12.2 Å². The summed E-state index contributed by atoms with van der Waals surface area (Å²) < 4.78 is 0. The van der Waals surface area contributed by atoms with Crippen LogP contribution in [0, 0.1) is 5.92 Å². The number of hydrogen-bond donors (Lipinski definition) is 5. The van der Waals surface area contributed by atoms with Crippen LogP contribution in [0.15, 0.2) is 114 Å². The molecule has 0 aromatic carbocycles. The molecule has 5 N–H and O–H groups in total. The number of carbonyl (C=O) groups excluding carboxylic acids is 1. The van der Waals surface area contributed by atoms with E-state index < -0.39 is 0 Å². The van der Waals surface area contributed by atoms with Gasteiger partial charge in [0.2, 0.25) is 5.91 Å². The highest BCUT2D eigenvalue weighted by atomic mass is 16.3. The fourth-order valence-corrected chi connectivity index (χ4v) is 5.25. The van der Waals surface area contributed by atoms with Crippen molar-refractivity contribution in [1.82, 2.24) is 25.8 Å². The van der Waals surface area contributed by atoms with E-state index in [1.807, 2.05) is 56.4 Å². The van der Waals surface area contributed by atoms with E-state index in [0.29, 0.717) is 12.2 Å². The fourth-order valence-electron chi connectivity index (χ4n) is 5.25. The van der Waals surface area contributed by atoms with E-state index in [4.69, 9.17) is 0 Å². The third kappa shape index (κ3) is 9.79. The van der Waals surface area contributed by atoms with Crippen LogP contribution in [0.4, 0.5) is 0 Å². The van der Waals surface area contributed by atoms with Crippen molar-refractivity contribution in [3.63, 3.8) is 0 Å². The Kier molecular flexibility index (Phi) is 12.5. The average molecular weight is 582 g/mol. The highest BCUT2D eigenvalue weighted by Gasteiger charge is 2.21. The number of amides is 1. The number of allylic oxidation sites excluding steroid dienone is 9. The van der Waals surface area contributed by atoms with E-state index in [2.05, 4.69) is 77.8 Å². The summed E-state index contributed by atoms with van der Waals surface area (Å²) in [6.45, 7) is 20.2. The van der Waals surface area contributed by atoms with Crippen molar-refractivity contribution in [3.8, 4) is 0 Å². The Morgan fingerprint density at radius 3 is 2.77 bits per heavy atom. The molecule has 1 aromatic heterocycles. The standard InChI is InChI=1S/C36H47N5O2/c1-8-11-15-33(25(4)10-3)38-22-36(43)39-27(6)19-28-20-29(40-34(28)13-9-2)24-41(7)23-26(5)31-17-16-30(42)21-35-32(31)14-12-18-37-35/h8-17,19-20,26-27,37-38,40,42H,2-4,18,21-24H2,1,5-7H3,(H,39,43)/b11-8-,28-19-,33-15+,34-13+. The first-order valence-corrected chi connectivity index (χ1v) is 14.8. The summed E-state index contributed by atoms with van der Waals surface area (Å²) in [4.78, 5) is 18.5. The zero-order chi connectivity index (χ0) is 31.4. The van der Waals surface area contributed by atoms with E-state index in [9.17, 15) is 9.90 Å². The Hall–Kier alpha value is -4.49. The molecule has 0 saturated carbocycles. The number of aromatic amines is 1. The third-order valence-electron chi connectivity index (χ3n) is 7.25. The average Bonchev–Trinajstić information content (AvgIpc) is 3.23. The van der Waals surface area contributed by atoms with Crippen molar-refractivity contribution in [2.45, 2.75) is 39.8 Å². The van der Waals surface area contributed by atoms with Gasteiger partial charge in [-0.1, -0.05) is 75.3 Å². The van der Waals surface area contributed by atoms with Crippen LogP contribution in [0.2, 0.25) is 0 Å². The quantitative estimate of drug-likeness (QED) is 0.211. The molecule has 2 unspecified atom stereocenters. The molecule has 7 heteroatoms. The number of H-pyrrole nitrogens is 1. The normalized spacial score (nSPS) is 17.6. The first-order valence-electron chi connectivity index (χ1n) is 14.8. The van der Waals surface area contributed by atoms with Crippen LogP contribution in [0.1, 0.15) is 32.9 Å². The summed E-state index contributed by atoms with van der Waals surface area (Å²) in [7, 11) is 2.11. The topological polar surface area (TPSA) is 92.4 Å². The number of aliphatic hydroxyl groups is 1. The molecule has 3 rings (SSSR count). The molecule has 1 aromatic rings. The molecule has 43 heavy (non-hydrogen) atoms. The van der Waals surface area contributed by atoms with Gasteiger partial charge in [-0.3, -0.25) is 4.79 Å². The van der Waals surface area contributed by atoms with Gasteiger partial charge in [0, 0.05) is 54.5 Å². The maximum atomic E-state index is 12.7. The molecule has 7 nitrogen and oxygen atoms in total. The summed E-state index contributed by atoms with van der Waals surface area (Å²) in [6.07, 6.45) is 21.8. The zero-order valence-corrected chi connectivity index (χ0v) is 26.0. The summed E-state index contributed by atoms with van der Waals surface area (Å²) >= 11 is 0. The lowest BCUT2D eigenvalue weighted by atomic mass is 9.90. The Morgan fingerprint density at radius 1 is 1.26 bits per heavy atom.